The van der Waals surface area contributed by atoms with Gasteiger partial charge in [-0.1, -0.05) is 33.1 Å². The van der Waals surface area contributed by atoms with Gasteiger partial charge in [-0.05, 0) is 19.3 Å². The molecule has 1 aliphatic rings. The number of unbranched alkanes of at least 4 members (excludes halogenated alkanes) is 1. The highest BCUT2D eigenvalue weighted by Gasteiger charge is 2.18. The Morgan fingerprint density at radius 1 is 1.22 bits per heavy atom. The van der Waals surface area contributed by atoms with Crippen molar-refractivity contribution in [2.75, 3.05) is 26.3 Å². The molecule has 0 aromatic carbocycles. The number of ether oxygens (including phenoxy) is 1. The Bertz CT molecular complexity index is 226. The molecule has 1 atom stereocenters. The number of hydrogen-bond acceptors (Lipinski definition) is 2. The maximum atomic E-state index is 12.2. The number of carbonyl (C=O) groups excluding carboxylic acids is 1. The Morgan fingerprint density at radius 2 is 2.06 bits per heavy atom. The number of amides is 2. The molecular weight excluding hydrogens is 228 g/mol. The minimum absolute atomic E-state index is 0.0926. The van der Waals surface area contributed by atoms with E-state index >= 15 is 0 Å². The lowest BCUT2D eigenvalue weighted by Crippen LogP contribution is -2.45. The average Bonchev–Trinajstić information content (AvgIpc) is 2.65. The molecule has 4 nitrogen and oxygen atoms in total. The van der Waals surface area contributed by atoms with E-state index in [0.717, 1.165) is 45.4 Å². The summed E-state index contributed by atoms with van der Waals surface area (Å²) in [6, 6.07) is 0.432. The van der Waals surface area contributed by atoms with Crippen LogP contribution >= 0.6 is 0 Å². The van der Waals surface area contributed by atoms with Crippen molar-refractivity contribution in [1.82, 2.24) is 10.2 Å². The third-order valence-electron chi connectivity index (χ3n) is 3.38. The molecule has 4 heteroatoms. The first-order valence-corrected chi connectivity index (χ1v) is 7.41. The topological polar surface area (TPSA) is 41.6 Å². The number of rotatable bonds is 6. The monoisotopic (exact) mass is 256 g/mol. The molecule has 1 N–H and O–H groups in total. The molecule has 0 bridgehead atoms. The van der Waals surface area contributed by atoms with Gasteiger partial charge in [-0.3, -0.25) is 0 Å². The van der Waals surface area contributed by atoms with Crippen LogP contribution < -0.4 is 5.32 Å². The van der Waals surface area contributed by atoms with E-state index in [0.29, 0.717) is 12.6 Å². The van der Waals surface area contributed by atoms with Crippen LogP contribution in [-0.4, -0.2) is 43.3 Å². The van der Waals surface area contributed by atoms with Gasteiger partial charge in [-0.2, -0.15) is 0 Å². The number of carbonyl (C=O) groups is 1. The van der Waals surface area contributed by atoms with Gasteiger partial charge in [0, 0.05) is 25.7 Å². The molecule has 2 amide bonds. The maximum Gasteiger partial charge on any atom is 0.317 e. The summed E-state index contributed by atoms with van der Waals surface area (Å²) in [5.74, 6) is 0. The van der Waals surface area contributed by atoms with Crippen molar-refractivity contribution in [1.29, 1.82) is 0 Å². The molecule has 1 saturated heterocycles. The van der Waals surface area contributed by atoms with Crippen LogP contribution in [0.25, 0.3) is 0 Å². The van der Waals surface area contributed by atoms with Crippen LogP contribution in [0.3, 0.4) is 0 Å². The zero-order valence-electron chi connectivity index (χ0n) is 11.9. The van der Waals surface area contributed by atoms with Gasteiger partial charge in [0.1, 0.15) is 0 Å². The molecule has 1 rings (SSSR count). The number of nitrogens with zero attached hydrogens (tertiary/aromatic N) is 1. The Hall–Kier alpha value is -0.770. The number of urea groups is 1. The lowest BCUT2D eigenvalue weighted by Gasteiger charge is -2.25. The van der Waals surface area contributed by atoms with Crippen molar-refractivity contribution >= 4 is 6.03 Å². The predicted octanol–water partition coefficient (Wildman–Crippen LogP) is 2.78. The van der Waals surface area contributed by atoms with Gasteiger partial charge in [0.05, 0.1) is 6.61 Å². The highest BCUT2D eigenvalue weighted by molar-refractivity contribution is 5.74. The van der Waals surface area contributed by atoms with Crippen molar-refractivity contribution in [2.24, 2.45) is 0 Å². The number of hydrogen-bond donors (Lipinski definition) is 1. The van der Waals surface area contributed by atoms with Gasteiger partial charge >= 0.3 is 6.03 Å². The standard InChI is InChI=1S/C14H28N2O2/c1-3-5-8-13(7-4-2)15-14(17)16-9-6-11-18-12-10-16/h13H,3-12H2,1-2H3,(H,15,17)/t13-/m0/s1. The van der Waals surface area contributed by atoms with E-state index in [9.17, 15) is 4.79 Å². The van der Waals surface area contributed by atoms with E-state index in [-0.39, 0.29) is 6.03 Å². The van der Waals surface area contributed by atoms with Crippen molar-refractivity contribution in [3.63, 3.8) is 0 Å². The van der Waals surface area contributed by atoms with Crippen molar-refractivity contribution < 1.29 is 9.53 Å². The summed E-state index contributed by atoms with van der Waals surface area (Å²) in [5, 5.41) is 3.18. The van der Waals surface area contributed by atoms with E-state index in [4.69, 9.17) is 4.74 Å². The van der Waals surface area contributed by atoms with E-state index in [1.54, 1.807) is 0 Å². The van der Waals surface area contributed by atoms with Crippen molar-refractivity contribution in [2.45, 2.75) is 58.4 Å². The van der Waals surface area contributed by atoms with Crippen LogP contribution in [-0.2, 0) is 4.74 Å². The third-order valence-corrected chi connectivity index (χ3v) is 3.38. The SMILES string of the molecule is CCCC[C@H](CCC)NC(=O)N1CCCOCC1. The largest absolute Gasteiger partial charge is 0.380 e. The molecule has 1 fully saturated rings. The second kappa shape index (κ2) is 9.20. The van der Waals surface area contributed by atoms with Crippen LogP contribution in [0.4, 0.5) is 4.79 Å². The lowest BCUT2D eigenvalue weighted by molar-refractivity contribution is 0.141. The first-order chi connectivity index (χ1) is 8.77. The van der Waals surface area contributed by atoms with Crippen molar-refractivity contribution in [3.05, 3.63) is 0 Å². The molecule has 1 heterocycles. The Kier molecular flexibility index (Phi) is 7.81. The normalized spacial score (nSPS) is 18.2. The minimum Gasteiger partial charge on any atom is -0.380 e. The Balaban J connectivity index is 2.37. The molecule has 0 aromatic heterocycles. The van der Waals surface area contributed by atoms with E-state index in [2.05, 4.69) is 19.2 Å². The van der Waals surface area contributed by atoms with Crippen LogP contribution in [0.2, 0.25) is 0 Å². The average molecular weight is 256 g/mol. The first-order valence-electron chi connectivity index (χ1n) is 7.41. The van der Waals surface area contributed by atoms with Gasteiger partial charge < -0.3 is 15.0 Å². The van der Waals surface area contributed by atoms with E-state index in [1.165, 1.54) is 12.8 Å². The van der Waals surface area contributed by atoms with Crippen LogP contribution in [0.15, 0.2) is 0 Å². The molecule has 0 aromatic rings. The molecule has 0 spiro atoms. The quantitative estimate of drug-likeness (QED) is 0.794. The summed E-state index contributed by atoms with van der Waals surface area (Å²) in [5.41, 5.74) is 0. The van der Waals surface area contributed by atoms with E-state index in [1.807, 2.05) is 4.90 Å². The number of nitrogens with one attached hydrogen (secondary N) is 1. The molecule has 0 unspecified atom stereocenters. The molecule has 18 heavy (non-hydrogen) atoms. The first kappa shape index (κ1) is 15.3. The fraction of sp³-hybridized carbons (Fsp3) is 0.929. The van der Waals surface area contributed by atoms with Gasteiger partial charge in [-0.25, -0.2) is 4.79 Å². The van der Waals surface area contributed by atoms with Crippen molar-refractivity contribution in [3.8, 4) is 0 Å². The molecule has 1 aliphatic heterocycles. The highest BCUT2D eigenvalue weighted by Crippen LogP contribution is 2.08. The lowest BCUT2D eigenvalue weighted by atomic mass is 10.1. The van der Waals surface area contributed by atoms with Gasteiger partial charge in [0.15, 0.2) is 0 Å². The van der Waals surface area contributed by atoms with Crippen LogP contribution in [0.1, 0.15) is 52.4 Å². The highest BCUT2D eigenvalue weighted by atomic mass is 16.5. The Morgan fingerprint density at radius 3 is 2.78 bits per heavy atom. The summed E-state index contributed by atoms with van der Waals surface area (Å²) in [4.78, 5) is 14.0. The maximum absolute atomic E-state index is 12.2. The van der Waals surface area contributed by atoms with Gasteiger partial charge in [0.2, 0.25) is 0 Å². The fourth-order valence-corrected chi connectivity index (χ4v) is 2.30. The summed E-state index contributed by atoms with van der Waals surface area (Å²) < 4.78 is 5.37. The second-order valence-corrected chi connectivity index (χ2v) is 5.03. The van der Waals surface area contributed by atoms with Gasteiger partial charge in [-0.15, -0.1) is 0 Å². The molecule has 106 valence electrons. The second-order valence-electron chi connectivity index (χ2n) is 5.03. The zero-order valence-corrected chi connectivity index (χ0v) is 11.9. The summed E-state index contributed by atoms with van der Waals surface area (Å²) in [6.07, 6.45) is 6.62. The van der Waals surface area contributed by atoms with Crippen LogP contribution in [0, 0.1) is 0 Å². The fourth-order valence-electron chi connectivity index (χ4n) is 2.30. The minimum atomic E-state index is 0.0926. The van der Waals surface area contributed by atoms with Gasteiger partial charge in [0.25, 0.3) is 0 Å². The Labute approximate surface area is 111 Å². The third kappa shape index (κ3) is 5.71. The zero-order chi connectivity index (χ0) is 13.2. The van der Waals surface area contributed by atoms with E-state index < -0.39 is 0 Å². The summed E-state index contributed by atoms with van der Waals surface area (Å²) in [7, 11) is 0. The molecule has 0 radical (unpaired) electrons. The molecule has 0 saturated carbocycles. The molecule has 0 aliphatic carbocycles. The summed E-state index contributed by atoms with van der Waals surface area (Å²) >= 11 is 0. The summed E-state index contributed by atoms with van der Waals surface area (Å²) in [6.45, 7) is 7.34. The smallest absolute Gasteiger partial charge is 0.317 e. The molecular formula is C14H28N2O2. The van der Waals surface area contributed by atoms with Crippen LogP contribution in [0.5, 0.6) is 0 Å². The predicted molar refractivity (Wildman–Crippen MR) is 73.8 cm³/mol.